The van der Waals surface area contributed by atoms with Crippen molar-refractivity contribution in [1.29, 1.82) is 5.26 Å². The maximum absolute atomic E-state index is 13.5. The monoisotopic (exact) mass is 243 g/mol. The fourth-order valence-corrected chi connectivity index (χ4v) is 1.81. The summed E-state index contributed by atoms with van der Waals surface area (Å²) in [4.78, 5) is 4.27. The van der Waals surface area contributed by atoms with Crippen molar-refractivity contribution in [2.45, 2.75) is 25.2 Å². The molecular weight excluding hydrogens is 233 g/mol. The molecule has 1 aliphatic rings. The largest absolute Gasteiger partial charge is 0.334 e. The number of rotatable bonds is 2. The summed E-state index contributed by atoms with van der Waals surface area (Å²) in [6, 6.07) is 6.19. The Bertz CT molecular complexity index is 652. The van der Waals surface area contributed by atoms with Gasteiger partial charge in [0.2, 0.25) is 0 Å². The summed E-state index contributed by atoms with van der Waals surface area (Å²) < 4.78 is 18.6. The molecule has 90 valence electrons. The highest BCUT2D eigenvalue weighted by atomic mass is 19.1. The molecule has 1 saturated carbocycles. The van der Waals surface area contributed by atoms with Gasteiger partial charge in [0.1, 0.15) is 17.4 Å². The van der Waals surface area contributed by atoms with Gasteiger partial charge in [-0.05, 0) is 25.0 Å². The lowest BCUT2D eigenvalue weighted by Crippen LogP contribution is -2.02. The predicted molar refractivity (Wildman–Crippen MR) is 61.0 cm³/mol. The molecule has 0 bridgehead atoms. The van der Waals surface area contributed by atoms with Gasteiger partial charge >= 0.3 is 0 Å². The molecule has 0 aliphatic heterocycles. The van der Waals surface area contributed by atoms with Gasteiger partial charge in [0.15, 0.2) is 5.82 Å². The highest BCUT2D eigenvalue weighted by Crippen LogP contribution is 2.46. The molecule has 0 N–H and O–H groups in total. The van der Waals surface area contributed by atoms with Gasteiger partial charge in [-0.1, -0.05) is 18.1 Å². The predicted octanol–water partition coefficient (Wildman–Crippen LogP) is 2.80. The molecule has 1 aromatic carbocycles. The molecular formula is C13H10FN3O. The van der Waals surface area contributed by atoms with Gasteiger partial charge in [0, 0.05) is 5.41 Å². The third-order valence-electron chi connectivity index (χ3n) is 3.32. The first kappa shape index (κ1) is 10.9. The maximum atomic E-state index is 13.5. The molecule has 0 unspecified atom stereocenters. The van der Waals surface area contributed by atoms with E-state index >= 15 is 0 Å². The van der Waals surface area contributed by atoms with Crippen molar-refractivity contribution in [3.05, 3.63) is 35.4 Å². The van der Waals surface area contributed by atoms with E-state index in [0.717, 1.165) is 12.8 Å². The van der Waals surface area contributed by atoms with Crippen LogP contribution in [0.25, 0.3) is 11.5 Å². The summed E-state index contributed by atoms with van der Waals surface area (Å²) in [7, 11) is 0. The first-order valence-electron chi connectivity index (χ1n) is 5.67. The molecule has 2 aromatic rings. The Hall–Kier alpha value is -2.22. The Labute approximate surface area is 103 Å². The number of nitriles is 1. The lowest BCUT2D eigenvalue weighted by molar-refractivity contribution is 0.415. The zero-order valence-electron chi connectivity index (χ0n) is 9.77. The second-order valence-electron chi connectivity index (χ2n) is 4.76. The van der Waals surface area contributed by atoms with Crippen LogP contribution in [-0.4, -0.2) is 10.1 Å². The molecule has 3 rings (SSSR count). The topological polar surface area (TPSA) is 62.7 Å². The van der Waals surface area contributed by atoms with E-state index in [4.69, 9.17) is 9.78 Å². The van der Waals surface area contributed by atoms with E-state index in [1.54, 1.807) is 6.07 Å². The van der Waals surface area contributed by atoms with Gasteiger partial charge in [-0.25, -0.2) is 4.39 Å². The summed E-state index contributed by atoms with van der Waals surface area (Å²) in [5.41, 5.74) is 0.274. The average molecular weight is 243 g/mol. The summed E-state index contributed by atoms with van der Waals surface area (Å²) >= 11 is 0. The number of nitrogens with zero attached hydrogens (tertiary/aromatic N) is 3. The molecule has 18 heavy (non-hydrogen) atoms. The Morgan fingerprint density at radius 1 is 1.44 bits per heavy atom. The Balaban J connectivity index is 2.08. The quantitative estimate of drug-likeness (QED) is 0.813. The number of aromatic nitrogens is 2. The van der Waals surface area contributed by atoms with Gasteiger partial charge in [0.25, 0.3) is 5.89 Å². The van der Waals surface area contributed by atoms with E-state index in [1.165, 1.54) is 12.1 Å². The van der Waals surface area contributed by atoms with Crippen LogP contribution in [0.5, 0.6) is 0 Å². The summed E-state index contributed by atoms with van der Waals surface area (Å²) in [6.07, 6.45) is 2.06. The van der Waals surface area contributed by atoms with Crippen LogP contribution in [0.2, 0.25) is 0 Å². The van der Waals surface area contributed by atoms with Crippen molar-refractivity contribution < 1.29 is 8.91 Å². The molecule has 1 aliphatic carbocycles. The van der Waals surface area contributed by atoms with Crippen molar-refractivity contribution in [2.75, 3.05) is 0 Å². The summed E-state index contributed by atoms with van der Waals surface area (Å²) in [6.45, 7) is 2.05. The standard InChI is InChI=1S/C13H10FN3O/c1-13(5-6-13)12-16-11(18-17-12)8-3-2-4-10(14)9(8)7-15/h2-4H,5-6H2,1H3. The number of hydrogen-bond acceptors (Lipinski definition) is 4. The first-order valence-corrected chi connectivity index (χ1v) is 5.67. The van der Waals surface area contributed by atoms with Crippen LogP contribution in [0.1, 0.15) is 31.2 Å². The minimum atomic E-state index is -0.576. The molecule has 5 heteroatoms. The first-order chi connectivity index (χ1) is 8.64. The highest BCUT2D eigenvalue weighted by Gasteiger charge is 2.43. The number of benzene rings is 1. The normalized spacial score (nSPS) is 16.3. The van der Waals surface area contributed by atoms with Crippen LogP contribution in [0.15, 0.2) is 22.7 Å². The van der Waals surface area contributed by atoms with Gasteiger partial charge in [-0.15, -0.1) is 0 Å². The lowest BCUT2D eigenvalue weighted by atomic mass is 10.1. The van der Waals surface area contributed by atoms with Crippen LogP contribution in [0, 0.1) is 17.1 Å². The van der Waals surface area contributed by atoms with Crippen molar-refractivity contribution in [3.8, 4) is 17.5 Å². The fraction of sp³-hybridized carbons (Fsp3) is 0.308. The van der Waals surface area contributed by atoms with Crippen molar-refractivity contribution >= 4 is 0 Å². The van der Waals surface area contributed by atoms with Crippen LogP contribution in [0.4, 0.5) is 4.39 Å². The second-order valence-corrected chi connectivity index (χ2v) is 4.76. The number of halogens is 1. The molecule has 1 aromatic heterocycles. The molecule has 0 radical (unpaired) electrons. The lowest BCUT2D eigenvalue weighted by Gasteiger charge is -1.99. The van der Waals surface area contributed by atoms with Gasteiger partial charge in [-0.2, -0.15) is 10.2 Å². The third kappa shape index (κ3) is 1.58. The minimum Gasteiger partial charge on any atom is -0.334 e. The maximum Gasteiger partial charge on any atom is 0.259 e. The minimum absolute atomic E-state index is 0.0120. The van der Waals surface area contributed by atoms with E-state index in [-0.39, 0.29) is 16.9 Å². The Morgan fingerprint density at radius 2 is 2.22 bits per heavy atom. The van der Waals surface area contributed by atoms with E-state index in [0.29, 0.717) is 11.4 Å². The zero-order valence-corrected chi connectivity index (χ0v) is 9.77. The number of hydrogen-bond donors (Lipinski definition) is 0. The van der Waals surface area contributed by atoms with E-state index < -0.39 is 5.82 Å². The van der Waals surface area contributed by atoms with E-state index in [1.807, 2.05) is 6.07 Å². The average Bonchev–Trinajstić information content (AvgIpc) is 2.94. The second kappa shape index (κ2) is 3.64. The fourth-order valence-electron chi connectivity index (χ4n) is 1.81. The van der Waals surface area contributed by atoms with Crippen molar-refractivity contribution in [1.82, 2.24) is 10.1 Å². The summed E-state index contributed by atoms with van der Waals surface area (Å²) in [5, 5.41) is 12.9. The van der Waals surface area contributed by atoms with Crippen LogP contribution < -0.4 is 0 Å². The summed E-state index contributed by atoms with van der Waals surface area (Å²) in [5.74, 6) is 0.257. The zero-order chi connectivity index (χ0) is 12.8. The van der Waals surface area contributed by atoms with E-state index in [9.17, 15) is 4.39 Å². The van der Waals surface area contributed by atoms with Crippen molar-refractivity contribution in [2.24, 2.45) is 0 Å². The van der Waals surface area contributed by atoms with Gasteiger partial charge in [-0.3, -0.25) is 0 Å². The smallest absolute Gasteiger partial charge is 0.259 e. The molecule has 0 spiro atoms. The molecule has 1 fully saturated rings. The highest BCUT2D eigenvalue weighted by molar-refractivity contribution is 5.63. The molecule has 0 saturated heterocycles. The van der Waals surface area contributed by atoms with Crippen molar-refractivity contribution in [3.63, 3.8) is 0 Å². The van der Waals surface area contributed by atoms with Crippen LogP contribution in [-0.2, 0) is 5.41 Å². The third-order valence-corrected chi connectivity index (χ3v) is 3.32. The van der Waals surface area contributed by atoms with Gasteiger partial charge in [0.05, 0.1) is 5.56 Å². The van der Waals surface area contributed by atoms with E-state index in [2.05, 4.69) is 17.1 Å². The molecule has 1 heterocycles. The van der Waals surface area contributed by atoms with Gasteiger partial charge < -0.3 is 4.52 Å². The van der Waals surface area contributed by atoms with Crippen LogP contribution >= 0.6 is 0 Å². The SMILES string of the molecule is CC1(c2noc(-c3cccc(F)c3C#N)n2)CC1. The molecule has 4 nitrogen and oxygen atoms in total. The van der Waals surface area contributed by atoms with Crippen LogP contribution in [0.3, 0.4) is 0 Å². The molecule has 0 amide bonds. The molecule has 0 atom stereocenters. The Morgan fingerprint density at radius 3 is 2.89 bits per heavy atom. The Kier molecular flexibility index (Phi) is 2.20.